The van der Waals surface area contributed by atoms with Gasteiger partial charge in [0.15, 0.2) is 5.76 Å². The average molecular weight is 403 g/mol. The van der Waals surface area contributed by atoms with Gasteiger partial charge >= 0.3 is 0 Å². The maximum atomic E-state index is 12.4. The van der Waals surface area contributed by atoms with Gasteiger partial charge in [-0.1, -0.05) is 30.3 Å². The van der Waals surface area contributed by atoms with E-state index < -0.39 is 0 Å². The number of ether oxygens (including phenoxy) is 1. The highest BCUT2D eigenvalue weighted by Crippen LogP contribution is 2.22. The Kier molecular flexibility index (Phi) is 6.13. The Morgan fingerprint density at radius 1 is 1.07 bits per heavy atom. The maximum absolute atomic E-state index is 12.4. The van der Waals surface area contributed by atoms with E-state index in [0.717, 1.165) is 42.0 Å². The number of unbranched alkanes of at least 4 members (excludes halogenated alkanes) is 1. The third-order valence-corrected chi connectivity index (χ3v) is 4.95. The third kappa shape index (κ3) is 4.54. The van der Waals surface area contributed by atoms with E-state index in [1.165, 1.54) is 6.26 Å². The molecule has 0 bridgehead atoms. The predicted octanol–water partition coefficient (Wildman–Crippen LogP) is 4.98. The van der Waals surface area contributed by atoms with Crippen molar-refractivity contribution in [2.75, 3.05) is 6.61 Å². The van der Waals surface area contributed by atoms with Gasteiger partial charge in [-0.15, -0.1) is 0 Å². The molecule has 0 radical (unpaired) electrons. The number of aryl methyl sites for hydroxylation is 1. The Bertz CT molecular complexity index is 1090. The van der Waals surface area contributed by atoms with Gasteiger partial charge in [0.2, 0.25) is 0 Å². The number of nitrogens with one attached hydrogen (secondary N) is 1. The van der Waals surface area contributed by atoms with Crippen molar-refractivity contribution in [2.24, 2.45) is 0 Å². The smallest absolute Gasteiger partial charge is 0.287 e. The van der Waals surface area contributed by atoms with Crippen molar-refractivity contribution in [1.82, 2.24) is 14.9 Å². The van der Waals surface area contributed by atoms with E-state index in [0.29, 0.717) is 12.4 Å². The molecule has 2 aromatic carbocycles. The first kappa shape index (κ1) is 19.8. The molecular formula is C24H25N3O3. The van der Waals surface area contributed by atoms with Gasteiger partial charge < -0.3 is 19.0 Å². The summed E-state index contributed by atoms with van der Waals surface area (Å²) in [5.74, 6) is 1.77. The fourth-order valence-electron chi connectivity index (χ4n) is 3.48. The first-order chi connectivity index (χ1) is 14.7. The predicted molar refractivity (Wildman–Crippen MR) is 115 cm³/mol. The first-order valence-electron chi connectivity index (χ1n) is 10.2. The molecule has 1 N–H and O–H groups in total. The second-order valence-electron chi connectivity index (χ2n) is 7.15. The van der Waals surface area contributed by atoms with Crippen LogP contribution >= 0.6 is 0 Å². The molecule has 0 saturated carbocycles. The second-order valence-corrected chi connectivity index (χ2v) is 7.15. The number of benzene rings is 2. The molecule has 6 nitrogen and oxygen atoms in total. The standard InChI is InChI=1S/C24H25N3O3/c1-18(25-24(28)22-14-9-17-30-22)23-26-20-12-5-6-13-21(20)27(23)15-7-8-16-29-19-10-3-2-4-11-19/h2-6,9-14,17-18H,7-8,15-16H2,1H3,(H,25,28)/t18-/m0/s1. The summed E-state index contributed by atoms with van der Waals surface area (Å²) in [5, 5.41) is 2.98. The van der Waals surface area contributed by atoms with Crippen molar-refractivity contribution in [2.45, 2.75) is 32.4 Å². The molecule has 4 rings (SSSR count). The normalized spacial score (nSPS) is 12.0. The van der Waals surface area contributed by atoms with E-state index in [4.69, 9.17) is 14.1 Å². The lowest BCUT2D eigenvalue weighted by Gasteiger charge is -2.16. The number of hydrogen-bond donors (Lipinski definition) is 1. The minimum absolute atomic E-state index is 0.248. The topological polar surface area (TPSA) is 69.3 Å². The van der Waals surface area contributed by atoms with Crippen molar-refractivity contribution in [3.05, 3.63) is 84.6 Å². The molecule has 1 atom stereocenters. The van der Waals surface area contributed by atoms with Crippen LogP contribution in [0.15, 0.2) is 77.4 Å². The average Bonchev–Trinajstić information content (AvgIpc) is 3.43. The van der Waals surface area contributed by atoms with Crippen LogP contribution in [0.4, 0.5) is 0 Å². The van der Waals surface area contributed by atoms with Gasteiger partial charge in [-0.2, -0.15) is 0 Å². The molecule has 154 valence electrons. The number of amides is 1. The summed E-state index contributed by atoms with van der Waals surface area (Å²) in [4.78, 5) is 17.2. The maximum Gasteiger partial charge on any atom is 0.287 e. The highest BCUT2D eigenvalue weighted by molar-refractivity contribution is 5.91. The molecule has 0 fully saturated rings. The summed E-state index contributed by atoms with van der Waals surface area (Å²) in [5.41, 5.74) is 1.99. The molecule has 1 amide bonds. The van der Waals surface area contributed by atoms with E-state index in [-0.39, 0.29) is 11.9 Å². The van der Waals surface area contributed by atoms with Crippen LogP contribution in [0, 0.1) is 0 Å². The molecule has 0 spiro atoms. The monoisotopic (exact) mass is 403 g/mol. The number of aromatic nitrogens is 2. The minimum Gasteiger partial charge on any atom is -0.494 e. The Balaban J connectivity index is 1.42. The van der Waals surface area contributed by atoms with E-state index >= 15 is 0 Å². The van der Waals surface area contributed by atoms with Gasteiger partial charge in [0.05, 0.1) is 29.9 Å². The molecule has 4 aromatic rings. The van der Waals surface area contributed by atoms with Crippen LogP contribution in [-0.4, -0.2) is 22.1 Å². The van der Waals surface area contributed by atoms with E-state index in [1.54, 1.807) is 12.1 Å². The molecular weight excluding hydrogens is 378 g/mol. The molecule has 2 heterocycles. The molecule has 6 heteroatoms. The van der Waals surface area contributed by atoms with Gasteiger partial charge in [-0.25, -0.2) is 4.98 Å². The van der Waals surface area contributed by atoms with Gasteiger partial charge in [-0.3, -0.25) is 4.79 Å². The Morgan fingerprint density at radius 3 is 2.67 bits per heavy atom. The van der Waals surface area contributed by atoms with Crippen molar-refractivity contribution in [3.63, 3.8) is 0 Å². The largest absolute Gasteiger partial charge is 0.494 e. The number of nitrogens with zero attached hydrogens (tertiary/aromatic N) is 2. The van der Waals surface area contributed by atoms with Crippen molar-refractivity contribution in [3.8, 4) is 5.75 Å². The second kappa shape index (κ2) is 9.31. The molecule has 0 aliphatic carbocycles. The number of fused-ring (bicyclic) bond motifs is 1. The summed E-state index contributed by atoms with van der Waals surface area (Å²) in [6.07, 6.45) is 3.36. The van der Waals surface area contributed by atoms with Crippen LogP contribution in [0.3, 0.4) is 0 Å². The summed E-state index contributed by atoms with van der Waals surface area (Å²) >= 11 is 0. The summed E-state index contributed by atoms with van der Waals surface area (Å²) in [7, 11) is 0. The summed E-state index contributed by atoms with van der Waals surface area (Å²) in [6, 6.07) is 21.0. The minimum atomic E-state index is -0.254. The molecule has 0 aliphatic heterocycles. The van der Waals surface area contributed by atoms with Crippen LogP contribution in [0.1, 0.15) is 42.2 Å². The lowest BCUT2D eigenvalue weighted by atomic mass is 10.2. The zero-order chi connectivity index (χ0) is 20.8. The van der Waals surface area contributed by atoms with Crippen LogP contribution in [0.25, 0.3) is 11.0 Å². The number of rotatable bonds is 9. The van der Waals surface area contributed by atoms with Crippen molar-refractivity contribution < 1.29 is 13.9 Å². The van der Waals surface area contributed by atoms with Crippen molar-refractivity contribution >= 4 is 16.9 Å². The number of para-hydroxylation sites is 3. The van der Waals surface area contributed by atoms with Crippen LogP contribution in [0.2, 0.25) is 0 Å². The highest BCUT2D eigenvalue weighted by Gasteiger charge is 2.19. The lowest BCUT2D eigenvalue weighted by molar-refractivity contribution is 0.0909. The van der Waals surface area contributed by atoms with Crippen LogP contribution in [-0.2, 0) is 6.54 Å². The lowest BCUT2D eigenvalue weighted by Crippen LogP contribution is -2.28. The number of hydrogen-bond acceptors (Lipinski definition) is 4. The summed E-state index contributed by atoms with van der Waals surface area (Å²) in [6.45, 7) is 3.41. The van der Waals surface area contributed by atoms with E-state index in [1.807, 2.05) is 55.5 Å². The zero-order valence-electron chi connectivity index (χ0n) is 17.0. The number of carbonyl (C=O) groups is 1. The van der Waals surface area contributed by atoms with Gasteiger partial charge in [0.25, 0.3) is 5.91 Å². The first-order valence-corrected chi connectivity index (χ1v) is 10.2. The van der Waals surface area contributed by atoms with Gasteiger partial charge in [0, 0.05) is 6.54 Å². The van der Waals surface area contributed by atoms with Gasteiger partial charge in [0.1, 0.15) is 11.6 Å². The Hall–Kier alpha value is -3.54. The Labute approximate surface area is 175 Å². The van der Waals surface area contributed by atoms with Crippen molar-refractivity contribution in [1.29, 1.82) is 0 Å². The quantitative estimate of drug-likeness (QED) is 0.400. The molecule has 30 heavy (non-hydrogen) atoms. The van der Waals surface area contributed by atoms with Gasteiger partial charge in [-0.05, 0) is 56.2 Å². The number of carbonyl (C=O) groups excluding carboxylic acids is 1. The zero-order valence-corrected chi connectivity index (χ0v) is 17.0. The fraction of sp³-hybridized carbons (Fsp3) is 0.250. The van der Waals surface area contributed by atoms with Crippen LogP contribution < -0.4 is 10.1 Å². The van der Waals surface area contributed by atoms with E-state index in [2.05, 4.69) is 16.0 Å². The SMILES string of the molecule is C[C@H](NC(=O)c1ccco1)c1nc2ccccc2n1CCCCOc1ccccc1. The molecule has 0 aliphatic rings. The Morgan fingerprint density at radius 2 is 1.87 bits per heavy atom. The summed E-state index contributed by atoms with van der Waals surface area (Å²) < 4.78 is 13.2. The fourth-order valence-corrected chi connectivity index (χ4v) is 3.48. The third-order valence-electron chi connectivity index (χ3n) is 4.95. The molecule has 0 unspecified atom stereocenters. The number of imidazole rings is 1. The molecule has 0 saturated heterocycles. The number of furan rings is 1. The highest BCUT2D eigenvalue weighted by atomic mass is 16.5. The van der Waals surface area contributed by atoms with Crippen LogP contribution in [0.5, 0.6) is 5.75 Å². The van der Waals surface area contributed by atoms with E-state index in [9.17, 15) is 4.79 Å². The molecule has 2 aromatic heterocycles.